The maximum absolute atomic E-state index is 13.0. The average Bonchev–Trinajstić information content (AvgIpc) is 2.67. The van der Waals surface area contributed by atoms with Crippen molar-refractivity contribution >= 4 is 5.69 Å². The Morgan fingerprint density at radius 1 is 1.38 bits per heavy atom. The van der Waals surface area contributed by atoms with E-state index in [0.717, 1.165) is 36.9 Å². The summed E-state index contributed by atoms with van der Waals surface area (Å²) in [5, 5.41) is 13.3. The van der Waals surface area contributed by atoms with Crippen molar-refractivity contribution in [1.82, 2.24) is 0 Å². The predicted molar refractivity (Wildman–Crippen MR) is 63.0 cm³/mol. The van der Waals surface area contributed by atoms with E-state index in [1.165, 1.54) is 12.1 Å². The van der Waals surface area contributed by atoms with Gasteiger partial charge in [-0.2, -0.15) is 0 Å². The number of rotatable bonds is 3. The fraction of sp³-hybridized carbons (Fsp3) is 0.538. The van der Waals surface area contributed by atoms with E-state index in [1.54, 1.807) is 6.07 Å². The lowest BCUT2D eigenvalue weighted by atomic mass is 10.0. The van der Waals surface area contributed by atoms with Crippen molar-refractivity contribution in [3.63, 3.8) is 0 Å². The second-order valence-electron chi connectivity index (χ2n) is 4.74. The molecule has 1 aliphatic carbocycles. The van der Waals surface area contributed by atoms with Crippen LogP contribution in [0.1, 0.15) is 31.2 Å². The summed E-state index contributed by atoms with van der Waals surface area (Å²) >= 11 is 0. The quantitative estimate of drug-likeness (QED) is 0.825. The molecule has 1 aliphatic rings. The minimum atomic E-state index is -0.598. The molecule has 2 N–H and O–H groups in total. The topological polar surface area (TPSA) is 32.3 Å². The Morgan fingerprint density at radius 3 is 2.75 bits per heavy atom. The van der Waals surface area contributed by atoms with Crippen LogP contribution in [0.25, 0.3) is 0 Å². The Balaban J connectivity index is 2.01. The zero-order valence-electron chi connectivity index (χ0n) is 9.59. The van der Waals surface area contributed by atoms with Crippen LogP contribution in [0.4, 0.5) is 10.1 Å². The highest BCUT2D eigenvalue weighted by atomic mass is 19.1. The average molecular weight is 223 g/mol. The summed E-state index contributed by atoms with van der Waals surface area (Å²) in [4.78, 5) is 0. The molecule has 0 aliphatic heterocycles. The summed E-state index contributed by atoms with van der Waals surface area (Å²) in [5.41, 5.74) is 1.18. The molecule has 1 aromatic carbocycles. The minimum Gasteiger partial charge on any atom is -0.388 e. The van der Waals surface area contributed by atoms with Gasteiger partial charge in [0.1, 0.15) is 5.82 Å². The molecule has 0 saturated heterocycles. The molecule has 0 unspecified atom stereocenters. The SMILES string of the molecule is Cc1ccc(F)cc1NCC1(O)CCCC1. The number of aliphatic hydroxyl groups is 1. The van der Waals surface area contributed by atoms with Gasteiger partial charge in [-0.15, -0.1) is 0 Å². The zero-order valence-corrected chi connectivity index (χ0v) is 9.59. The Labute approximate surface area is 95.5 Å². The van der Waals surface area contributed by atoms with Crippen LogP contribution in [0.15, 0.2) is 18.2 Å². The minimum absolute atomic E-state index is 0.244. The second kappa shape index (κ2) is 4.42. The van der Waals surface area contributed by atoms with Gasteiger partial charge < -0.3 is 10.4 Å². The van der Waals surface area contributed by atoms with Gasteiger partial charge in [-0.05, 0) is 37.5 Å². The smallest absolute Gasteiger partial charge is 0.125 e. The zero-order chi connectivity index (χ0) is 11.6. The predicted octanol–water partition coefficient (Wildman–Crippen LogP) is 2.85. The fourth-order valence-electron chi connectivity index (χ4n) is 2.25. The molecule has 0 amide bonds. The molecule has 0 radical (unpaired) electrons. The largest absolute Gasteiger partial charge is 0.388 e. The molecule has 0 aromatic heterocycles. The van der Waals surface area contributed by atoms with Gasteiger partial charge in [-0.1, -0.05) is 18.9 Å². The molecule has 0 bridgehead atoms. The van der Waals surface area contributed by atoms with Crippen molar-refractivity contribution in [3.05, 3.63) is 29.6 Å². The third-order valence-corrected chi connectivity index (χ3v) is 3.34. The van der Waals surface area contributed by atoms with Crippen molar-refractivity contribution in [2.75, 3.05) is 11.9 Å². The lowest BCUT2D eigenvalue weighted by Gasteiger charge is -2.23. The van der Waals surface area contributed by atoms with Crippen LogP contribution >= 0.6 is 0 Å². The second-order valence-corrected chi connectivity index (χ2v) is 4.74. The van der Waals surface area contributed by atoms with E-state index in [9.17, 15) is 9.50 Å². The van der Waals surface area contributed by atoms with E-state index in [2.05, 4.69) is 5.32 Å². The van der Waals surface area contributed by atoms with E-state index < -0.39 is 5.60 Å². The summed E-state index contributed by atoms with van der Waals surface area (Å²) in [5.74, 6) is -0.244. The van der Waals surface area contributed by atoms with Gasteiger partial charge in [0.15, 0.2) is 0 Å². The van der Waals surface area contributed by atoms with Crippen LogP contribution in [0, 0.1) is 12.7 Å². The number of halogens is 1. The van der Waals surface area contributed by atoms with E-state index in [1.807, 2.05) is 6.92 Å². The third-order valence-electron chi connectivity index (χ3n) is 3.34. The fourth-order valence-corrected chi connectivity index (χ4v) is 2.25. The number of aryl methyl sites for hydroxylation is 1. The lowest BCUT2D eigenvalue weighted by molar-refractivity contribution is 0.0614. The molecule has 1 aromatic rings. The van der Waals surface area contributed by atoms with E-state index in [0.29, 0.717) is 6.54 Å². The van der Waals surface area contributed by atoms with Gasteiger partial charge >= 0.3 is 0 Å². The standard InChI is InChI=1S/C13H18FNO/c1-10-4-5-11(14)8-12(10)15-9-13(16)6-2-3-7-13/h4-5,8,15-16H,2-3,6-7,9H2,1H3. The summed E-state index contributed by atoms with van der Waals surface area (Å²) in [6.45, 7) is 2.44. The first-order valence-electron chi connectivity index (χ1n) is 5.81. The van der Waals surface area contributed by atoms with E-state index in [-0.39, 0.29) is 5.82 Å². The highest BCUT2D eigenvalue weighted by Crippen LogP contribution is 2.30. The van der Waals surface area contributed by atoms with Crippen LogP contribution in [0.2, 0.25) is 0 Å². The van der Waals surface area contributed by atoms with Crippen LogP contribution in [-0.2, 0) is 0 Å². The summed E-state index contributed by atoms with van der Waals surface area (Å²) in [7, 11) is 0. The van der Waals surface area contributed by atoms with Crippen molar-refractivity contribution in [2.24, 2.45) is 0 Å². The molecule has 2 nitrogen and oxygen atoms in total. The molecule has 0 spiro atoms. The molecule has 3 heteroatoms. The molecule has 2 rings (SSSR count). The molecule has 88 valence electrons. The first-order valence-corrected chi connectivity index (χ1v) is 5.81. The number of benzene rings is 1. The number of hydrogen-bond acceptors (Lipinski definition) is 2. The maximum atomic E-state index is 13.0. The molecular weight excluding hydrogens is 205 g/mol. The molecule has 1 fully saturated rings. The summed E-state index contributed by atoms with van der Waals surface area (Å²) in [6.07, 6.45) is 3.85. The molecule has 16 heavy (non-hydrogen) atoms. The number of nitrogens with one attached hydrogen (secondary N) is 1. The van der Waals surface area contributed by atoms with Gasteiger partial charge in [-0.25, -0.2) is 4.39 Å². The normalized spacial score (nSPS) is 18.7. The monoisotopic (exact) mass is 223 g/mol. The molecule has 0 atom stereocenters. The van der Waals surface area contributed by atoms with E-state index in [4.69, 9.17) is 0 Å². The van der Waals surface area contributed by atoms with Crippen LogP contribution in [-0.4, -0.2) is 17.3 Å². The van der Waals surface area contributed by atoms with Crippen molar-refractivity contribution in [1.29, 1.82) is 0 Å². The lowest BCUT2D eigenvalue weighted by Crippen LogP contribution is -2.33. The first-order chi connectivity index (χ1) is 7.59. The van der Waals surface area contributed by atoms with Crippen molar-refractivity contribution < 1.29 is 9.50 Å². The molecule has 1 saturated carbocycles. The highest BCUT2D eigenvalue weighted by Gasteiger charge is 2.30. The number of hydrogen-bond donors (Lipinski definition) is 2. The van der Waals surface area contributed by atoms with Gasteiger partial charge in [0.25, 0.3) is 0 Å². The van der Waals surface area contributed by atoms with E-state index >= 15 is 0 Å². The summed E-state index contributed by atoms with van der Waals surface area (Å²) in [6, 6.07) is 4.68. The van der Waals surface area contributed by atoms with Gasteiger partial charge in [0.05, 0.1) is 5.60 Å². The Kier molecular flexibility index (Phi) is 3.15. The third kappa shape index (κ3) is 2.53. The van der Waals surface area contributed by atoms with Gasteiger partial charge in [-0.3, -0.25) is 0 Å². The Bertz CT molecular complexity index is 372. The van der Waals surface area contributed by atoms with Crippen LogP contribution < -0.4 is 5.32 Å². The van der Waals surface area contributed by atoms with Crippen LogP contribution in [0.5, 0.6) is 0 Å². The number of anilines is 1. The maximum Gasteiger partial charge on any atom is 0.125 e. The molecule has 0 heterocycles. The highest BCUT2D eigenvalue weighted by molar-refractivity contribution is 5.50. The van der Waals surface area contributed by atoms with Crippen molar-refractivity contribution in [2.45, 2.75) is 38.2 Å². The summed E-state index contributed by atoms with van der Waals surface area (Å²) < 4.78 is 13.0. The molecular formula is C13H18FNO. The van der Waals surface area contributed by atoms with Gasteiger partial charge in [0, 0.05) is 12.2 Å². The van der Waals surface area contributed by atoms with Crippen LogP contribution in [0.3, 0.4) is 0 Å². The Hall–Kier alpha value is -1.09. The first kappa shape index (κ1) is 11.4. The Morgan fingerprint density at radius 2 is 2.06 bits per heavy atom. The van der Waals surface area contributed by atoms with Gasteiger partial charge in [0.2, 0.25) is 0 Å². The van der Waals surface area contributed by atoms with Crippen molar-refractivity contribution in [3.8, 4) is 0 Å².